The van der Waals surface area contributed by atoms with E-state index in [1.54, 1.807) is 0 Å². The van der Waals surface area contributed by atoms with Gasteiger partial charge in [-0.05, 0) is 39.5 Å². The monoisotopic (exact) mass is 287 g/mol. The Kier molecular flexibility index (Phi) is 8.46. The standard InChI is InChI=1S/C15H29NO4/c1-11(2)10-12(3)20-9-7-13(17)16-15(4,5)8-6-14(18)19/h11-12H,6-10H2,1-5H3,(H,16,17)(H,18,19). The van der Waals surface area contributed by atoms with Gasteiger partial charge in [0, 0.05) is 18.4 Å². The number of carboxylic acid groups (broad SMARTS) is 1. The number of amides is 1. The molecule has 20 heavy (non-hydrogen) atoms. The highest BCUT2D eigenvalue weighted by Crippen LogP contribution is 2.12. The lowest BCUT2D eigenvalue weighted by atomic mass is 9.98. The highest BCUT2D eigenvalue weighted by molar-refractivity contribution is 5.77. The first-order valence-electron chi connectivity index (χ1n) is 7.27. The van der Waals surface area contributed by atoms with Crippen LogP contribution >= 0.6 is 0 Å². The van der Waals surface area contributed by atoms with Crippen LogP contribution in [0.4, 0.5) is 0 Å². The Morgan fingerprint density at radius 1 is 1.20 bits per heavy atom. The number of hydrogen-bond acceptors (Lipinski definition) is 3. The maximum atomic E-state index is 11.8. The first-order chi connectivity index (χ1) is 9.12. The number of nitrogens with one attached hydrogen (secondary N) is 1. The van der Waals surface area contributed by atoms with Crippen molar-refractivity contribution in [1.29, 1.82) is 0 Å². The first-order valence-corrected chi connectivity index (χ1v) is 7.27. The summed E-state index contributed by atoms with van der Waals surface area (Å²) in [6.45, 7) is 10.3. The van der Waals surface area contributed by atoms with E-state index in [1.807, 2.05) is 20.8 Å². The molecule has 0 aliphatic rings. The zero-order valence-electron chi connectivity index (χ0n) is 13.4. The molecule has 0 radical (unpaired) electrons. The molecule has 2 N–H and O–H groups in total. The third kappa shape index (κ3) is 10.8. The maximum Gasteiger partial charge on any atom is 0.303 e. The molecule has 118 valence electrons. The van der Waals surface area contributed by atoms with E-state index in [0.29, 0.717) is 25.4 Å². The molecule has 0 aromatic rings. The molecule has 0 spiro atoms. The molecular weight excluding hydrogens is 258 g/mol. The van der Waals surface area contributed by atoms with Crippen molar-refractivity contribution in [3.05, 3.63) is 0 Å². The van der Waals surface area contributed by atoms with Crippen molar-refractivity contribution in [2.75, 3.05) is 6.61 Å². The van der Waals surface area contributed by atoms with Gasteiger partial charge in [0.15, 0.2) is 0 Å². The molecule has 0 aromatic heterocycles. The fourth-order valence-corrected chi connectivity index (χ4v) is 2.01. The number of hydrogen-bond donors (Lipinski definition) is 2. The van der Waals surface area contributed by atoms with E-state index in [0.717, 1.165) is 6.42 Å². The van der Waals surface area contributed by atoms with Gasteiger partial charge in [0.2, 0.25) is 5.91 Å². The maximum absolute atomic E-state index is 11.8. The summed E-state index contributed by atoms with van der Waals surface area (Å²) in [4.78, 5) is 22.3. The van der Waals surface area contributed by atoms with Gasteiger partial charge in [0.05, 0.1) is 12.7 Å². The SMILES string of the molecule is CC(C)CC(C)OCCC(=O)NC(C)(C)CCC(=O)O. The molecule has 1 atom stereocenters. The Bertz CT molecular complexity index is 313. The summed E-state index contributed by atoms with van der Waals surface area (Å²) in [6, 6.07) is 0. The van der Waals surface area contributed by atoms with Gasteiger partial charge in [-0.1, -0.05) is 13.8 Å². The van der Waals surface area contributed by atoms with Crippen LogP contribution in [0, 0.1) is 5.92 Å². The average molecular weight is 287 g/mol. The Morgan fingerprint density at radius 2 is 1.80 bits per heavy atom. The molecule has 5 heteroatoms. The fraction of sp³-hybridized carbons (Fsp3) is 0.867. The van der Waals surface area contributed by atoms with E-state index in [4.69, 9.17) is 9.84 Å². The van der Waals surface area contributed by atoms with Gasteiger partial charge in [-0.25, -0.2) is 0 Å². The van der Waals surface area contributed by atoms with Gasteiger partial charge in [0.25, 0.3) is 0 Å². The van der Waals surface area contributed by atoms with Crippen molar-refractivity contribution < 1.29 is 19.4 Å². The summed E-state index contributed by atoms with van der Waals surface area (Å²) in [5, 5.41) is 11.5. The number of rotatable bonds is 10. The third-order valence-electron chi connectivity index (χ3n) is 2.98. The topological polar surface area (TPSA) is 75.6 Å². The van der Waals surface area contributed by atoms with Crippen molar-refractivity contribution in [2.24, 2.45) is 5.92 Å². The van der Waals surface area contributed by atoms with Crippen molar-refractivity contribution in [3.8, 4) is 0 Å². The first kappa shape index (κ1) is 18.9. The summed E-state index contributed by atoms with van der Waals surface area (Å²) in [6.07, 6.45) is 1.90. The van der Waals surface area contributed by atoms with Gasteiger partial charge in [-0.2, -0.15) is 0 Å². The van der Waals surface area contributed by atoms with E-state index in [-0.39, 0.29) is 18.4 Å². The summed E-state index contributed by atoms with van der Waals surface area (Å²) in [7, 11) is 0. The highest BCUT2D eigenvalue weighted by atomic mass is 16.5. The van der Waals surface area contributed by atoms with Gasteiger partial charge >= 0.3 is 5.97 Å². The van der Waals surface area contributed by atoms with Crippen LogP contribution in [-0.4, -0.2) is 35.2 Å². The molecule has 0 aliphatic heterocycles. The summed E-state index contributed by atoms with van der Waals surface area (Å²) in [5.74, 6) is -0.371. The molecular formula is C15H29NO4. The molecule has 0 rings (SSSR count). The zero-order chi connectivity index (χ0) is 15.8. The molecule has 0 aromatic carbocycles. The quantitative estimate of drug-likeness (QED) is 0.647. The number of aliphatic carboxylic acids is 1. The Hall–Kier alpha value is -1.10. The van der Waals surface area contributed by atoms with Crippen molar-refractivity contribution >= 4 is 11.9 Å². The predicted molar refractivity (Wildman–Crippen MR) is 78.6 cm³/mol. The Labute approximate surface area is 122 Å². The second kappa shape index (κ2) is 8.95. The van der Waals surface area contributed by atoms with E-state index >= 15 is 0 Å². The highest BCUT2D eigenvalue weighted by Gasteiger charge is 2.21. The van der Waals surface area contributed by atoms with Gasteiger partial charge in [-0.3, -0.25) is 9.59 Å². The molecule has 0 aliphatic carbocycles. The smallest absolute Gasteiger partial charge is 0.303 e. The van der Waals surface area contributed by atoms with Gasteiger partial charge < -0.3 is 15.2 Å². The molecule has 1 amide bonds. The molecule has 5 nitrogen and oxygen atoms in total. The molecule has 0 saturated heterocycles. The van der Waals surface area contributed by atoms with Crippen LogP contribution in [-0.2, 0) is 14.3 Å². The number of carboxylic acids is 1. The second-order valence-corrected chi connectivity index (χ2v) is 6.39. The van der Waals surface area contributed by atoms with Crippen molar-refractivity contribution in [1.82, 2.24) is 5.32 Å². The largest absolute Gasteiger partial charge is 0.481 e. The lowest BCUT2D eigenvalue weighted by Gasteiger charge is -2.25. The van der Waals surface area contributed by atoms with Crippen LogP contribution in [0.15, 0.2) is 0 Å². The molecule has 0 fully saturated rings. The van der Waals surface area contributed by atoms with Gasteiger partial charge in [-0.15, -0.1) is 0 Å². The summed E-state index contributed by atoms with van der Waals surface area (Å²) < 4.78 is 5.58. The molecule has 0 bridgehead atoms. The van der Waals surface area contributed by atoms with E-state index < -0.39 is 11.5 Å². The van der Waals surface area contributed by atoms with Crippen LogP contribution in [0.5, 0.6) is 0 Å². The minimum Gasteiger partial charge on any atom is -0.481 e. The Balaban J connectivity index is 3.90. The van der Waals surface area contributed by atoms with Crippen molar-refractivity contribution in [2.45, 2.75) is 71.9 Å². The Morgan fingerprint density at radius 3 is 2.30 bits per heavy atom. The number of ether oxygens (including phenoxy) is 1. The van der Waals surface area contributed by atoms with E-state index in [2.05, 4.69) is 19.2 Å². The molecule has 1 unspecified atom stereocenters. The number of carbonyl (C=O) groups excluding carboxylic acids is 1. The van der Waals surface area contributed by atoms with Gasteiger partial charge in [0.1, 0.15) is 0 Å². The summed E-state index contributed by atoms with van der Waals surface area (Å²) in [5.41, 5.74) is -0.501. The van der Waals surface area contributed by atoms with E-state index in [1.165, 1.54) is 0 Å². The zero-order valence-corrected chi connectivity index (χ0v) is 13.4. The normalized spacial score (nSPS) is 13.3. The minimum atomic E-state index is -0.849. The minimum absolute atomic E-state index is 0.0508. The third-order valence-corrected chi connectivity index (χ3v) is 2.98. The van der Waals surface area contributed by atoms with E-state index in [9.17, 15) is 9.59 Å². The number of carbonyl (C=O) groups is 2. The molecule has 0 saturated carbocycles. The predicted octanol–water partition coefficient (Wildman–Crippen LogP) is 2.59. The van der Waals surface area contributed by atoms with Crippen molar-refractivity contribution in [3.63, 3.8) is 0 Å². The van der Waals surface area contributed by atoms with Crippen LogP contribution in [0.2, 0.25) is 0 Å². The lowest BCUT2D eigenvalue weighted by molar-refractivity contribution is -0.138. The lowest BCUT2D eigenvalue weighted by Crippen LogP contribution is -2.44. The van der Waals surface area contributed by atoms with Crippen LogP contribution in [0.3, 0.4) is 0 Å². The second-order valence-electron chi connectivity index (χ2n) is 6.39. The fourth-order valence-electron chi connectivity index (χ4n) is 2.01. The van der Waals surface area contributed by atoms with Crippen LogP contribution < -0.4 is 5.32 Å². The molecule has 0 heterocycles. The summed E-state index contributed by atoms with van der Waals surface area (Å²) >= 11 is 0. The van der Waals surface area contributed by atoms with Crippen LogP contribution in [0.25, 0.3) is 0 Å². The average Bonchev–Trinajstić information content (AvgIpc) is 2.24. The van der Waals surface area contributed by atoms with Crippen LogP contribution in [0.1, 0.15) is 60.3 Å².